The third-order valence-electron chi connectivity index (χ3n) is 4.57. The van der Waals surface area contributed by atoms with Gasteiger partial charge in [-0.15, -0.1) is 0 Å². The fraction of sp³-hybridized carbons (Fsp3) is 0.579. The van der Waals surface area contributed by atoms with Crippen molar-refractivity contribution in [3.05, 3.63) is 48.0 Å². The molecule has 0 bridgehead atoms. The molecule has 1 aliphatic carbocycles. The van der Waals surface area contributed by atoms with Gasteiger partial charge in [-0.25, -0.2) is 0 Å². The molecule has 0 aliphatic heterocycles. The first-order chi connectivity index (χ1) is 10.3. The van der Waals surface area contributed by atoms with Crippen LogP contribution in [0.4, 0.5) is 0 Å². The Labute approximate surface area is 128 Å². The molecule has 1 fully saturated rings. The fourth-order valence-corrected chi connectivity index (χ4v) is 3.38. The summed E-state index contributed by atoms with van der Waals surface area (Å²) in [5, 5.41) is 18.6. The topological polar surface area (TPSA) is 40.5 Å². The summed E-state index contributed by atoms with van der Waals surface area (Å²) in [5.41, 5.74) is 1.41. The van der Waals surface area contributed by atoms with Crippen molar-refractivity contribution in [3.8, 4) is 0 Å². The van der Waals surface area contributed by atoms with Gasteiger partial charge in [0.25, 0.3) is 0 Å². The molecule has 2 rings (SSSR count). The fourth-order valence-electron chi connectivity index (χ4n) is 3.38. The lowest BCUT2D eigenvalue weighted by molar-refractivity contribution is 0.0710. The molecule has 1 aliphatic rings. The van der Waals surface area contributed by atoms with Crippen LogP contribution in [0.3, 0.4) is 0 Å². The molecule has 0 saturated heterocycles. The van der Waals surface area contributed by atoms with E-state index in [1.807, 2.05) is 0 Å². The first-order valence-corrected chi connectivity index (χ1v) is 8.29. The van der Waals surface area contributed by atoms with Gasteiger partial charge >= 0.3 is 0 Å². The molecule has 0 spiro atoms. The second-order valence-corrected chi connectivity index (χ2v) is 6.23. The van der Waals surface area contributed by atoms with Crippen molar-refractivity contribution in [2.24, 2.45) is 11.8 Å². The van der Waals surface area contributed by atoms with Crippen molar-refractivity contribution in [1.82, 2.24) is 0 Å². The van der Waals surface area contributed by atoms with Crippen LogP contribution >= 0.6 is 0 Å². The largest absolute Gasteiger partial charge is 0.394 e. The van der Waals surface area contributed by atoms with Crippen molar-refractivity contribution in [3.63, 3.8) is 0 Å². The number of aryl methyl sites for hydroxylation is 1. The molecule has 0 radical (unpaired) electrons. The molecule has 1 aromatic carbocycles. The molecule has 0 heterocycles. The number of aliphatic hydroxyl groups excluding tert-OH is 2. The molecule has 3 atom stereocenters. The lowest BCUT2D eigenvalue weighted by atomic mass is 9.90. The van der Waals surface area contributed by atoms with Crippen molar-refractivity contribution >= 4 is 0 Å². The summed E-state index contributed by atoms with van der Waals surface area (Å²) in [6, 6.07) is 10.6. The quantitative estimate of drug-likeness (QED) is 0.565. The highest BCUT2D eigenvalue weighted by Crippen LogP contribution is 2.35. The zero-order valence-electron chi connectivity index (χ0n) is 12.8. The minimum atomic E-state index is -0.540. The Balaban J connectivity index is 1.68. The van der Waals surface area contributed by atoms with Gasteiger partial charge in [0.05, 0.1) is 12.7 Å². The van der Waals surface area contributed by atoms with E-state index >= 15 is 0 Å². The van der Waals surface area contributed by atoms with Crippen molar-refractivity contribution in [1.29, 1.82) is 0 Å². The van der Waals surface area contributed by atoms with E-state index in [0.29, 0.717) is 11.8 Å². The molecule has 2 N–H and O–H groups in total. The number of rotatable bonds is 8. The molecule has 2 heteroatoms. The molecule has 0 aromatic heterocycles. The standard InChI is InChI=1S/C19H28O2/c20-15-19(21)14-18-13-7-12-17(18)11-6-2-5-10-16-8-3-1-4-9-16/h1,3-4,6,8-9,11,17-21H,2,5,7,10,12-15H2/b11-6+/t17-,18+,19?/m0/s1. The SMILES string of the molecule is OCC(O)C[C@H]1CCC[C@@H]1/C=C/CCCc1ccccc1. The number of aliphatic hydroxyl groups is 2. The van der Waals surface area contributed by atoms with Gasteiger partial charge in [0.15, 0.2) is 0 Å². The third-order valence-corrected chi connectivity index (χ3v) is 4.57. The van der Waals surface area contributed by atoms with Crippen LogP contribution in [0.1, 0.15) is 44.1 Å². The first kappa shape index (κ1) is 16.3. The maximum atomic E-state index is 9.60. The van der Waals surface area contributed by atoms with Crippen LogP contribution in [0.5, 0.6) is 0 Å². The van der Waals surface area contributed by atoms with Crippen molar-refractivity contribution in [2.45, 2.75) is 51.0 Å². The molecular formula is C19H28O2. The summed E-state index contributed by atoms with van der Waals surface area (Å²) in [7, 11) is 0. The van der Waals surface area contributed by atoms with E-state index in [2.05, 4.69) is 42.5 Å². The summed E-state index contributed by atoms with van der Waals surface area (Å²) in [5.74, 6) is 1.15. The molecule has 0 amide bonds. The van der Waals surface area contributed by atoms with Crippen LogP contribution in [0.25, 0.3) is 0 Å². The van der Waals surface area contributed by atoms with E-state index in [1.54, 1.807) is 0 Å². The van der Waals surface area contributed by atoms with Gasteiger partial charge in [-0.05, 0) is 55.9 Å². The van der Waals surface area contributed by atoms with Crippen LogP contribution in [-0.4, -0.2) is 22.9 Å². The Hall–Kier alpha value is -1.12. The Morgan fingerprint density at radius 3 is 2.76 bits per heavy atom. The van der Waals surface area contributed by atoms with Gasteiger partial charge in [-0.1, -0.05) is 48.9 Å². The van der Waals surface area contributed by atoms with Crippen LogP contribution in [-0.2, 0) is 6.42 Å². The van der Waals surface area contributed by atoms with Gasteiger partial charge in [0.2, 0.25) is 0 Å². The number of hydrogen-bond acceptors (Lipinski definition) is 2. The van der Waals surface area contributed by atoms with E-state index in [-0.39, 0.29) is 6.61 Å². The average molecular weight is 288 g/mol. The van der Waals surface area contributed by atoms with E-state index in [9.17, 15) is 5.11 Å². The maximum Gasteiger partial charge on any atom is 0.0773 e. The number of benzene rings is 1. The second kappa shape index (κ2) is 9.01. The summed E-state index contributed by atoms with van der Waals surface area (Å²) >= 11 is 0. The lowest BCUT2D eigenvalue weighted by Crippen LogP contribution is -2.19. The highest BCUT2D eigenvalue weighted by Gasteiger charge is 2.26. The van der Waals surface area contributed by atoms with Gasteiger partial charge in [-0.2, -0.15) is 0 Å². The smallest absolute Gasteiger partial charge is 0.0773 e. The van der Waals surface area contributed by atoms with E-state index in [1.165, 1.54) is 31.2 Å². The van der Waals surface area contributed by atoms with Gasteiger partial charge < -0.3 is 10.2 Å². The van der Waals surface area contributed by atoms with Gasteiger partial charge in [-0.3, -0.25) is 0 Å². The zero-order chi connectivity index (χ0) is 14.9. The Kier molecular flexibility index (Phi) is 6.98. The minimum Gasteiger partial charge on any atom is -0.394 e. The number of unbranched alkanes of at least 4 members (excludes halogenated alkanes) is 1. The normalized spacial score (nSPS) is 23.7. The monoisotopic (exact) mass is 288 g/mol. The van der Waals surface area contributed by atoms with Crippen LogP contribution in [0.15, 0.2) is 42.5 Å². The average Bonchev–Trinajstić information content (AvgIpc) is 2.95. The highest BCUT2D eigenvalue weighted by molar-refractivity contribution is 5.14. The van der Waals surface area contributed by atoms with Crippen molar-refractivity contribution in [2.75, 3.05) is 6.61 Å². The summed E-state index contributed by atoms with van der Waals surface area (Å²) in [6.45, 7) is -0.107. The van der Waals surface area contributed by atoms with E-state index in [0.717, 1.165) is 19.3 Å². The molecule has 1 aromatic rings. The van der Waals surface area contributed by atoms with Crippen LogP contribution in [0.2, 0.25) is 0 Å². The molecule has 2 nitrogen and oxygen atoms in total. The number of allylic oxidation sites excluding steroid dienone is 2. The Morgan fingerprint density at radius 1 is 1.19 bits per heavy atom. The molecule has 21 heavy (non-hydrogen) atoms. The summed E-state index contributed by atoms with van der Waals surface area (Å²) in [6.07, 6.45) is 12.0. The lowest BCUT2D eigenvalue weighted by Gasteiger charge is -2.18. The summed E-state index contributed by atoms with van der Waals surface area (Å²) in [4.78, 5) is 0. The minimum absolute atomic E-state index is 0.107. The third kappa shape index (κ3) is 5.64. The van der Waals surface area contributed by atoms with E-state index in [4.69, 9.17) is 5.11 Å². The predicted octanol–water partition coefficient (Wildman–Crippen LogP) is 3.73. The molecular weight excluding hydrogens is 260 g/mol. The number of hydrogen-bond donors (Lipinski definition) is 2. The van der Waals surface area contributed by atoms with E-state index < -0.39 is 6.10 Å². The second-order valence-electron chi connectivity index (χ2n) is 6.23. The molecule has 1 unspecified atom stereocenters. The van der Waals surface area contributed by atoms with Crippen LogP contribution < -0.4 is 0 Å². The first-order valence-electron chi connectivity index (χ1n) is 8.29. The Bertz CT molecular complexity index is 413. The Morgan fingerprint density at radius 2 is 2.00 bits per heavy atom. The van der Waals surface area contributed by atoms with Gasteiger partial charge in [0, 0.05) is 0 Å². The maximum absolute atomic E-state index is 9.60. The highest BCUT2D eigenvalue weighted by atomic mass is 16.3. The molecule has 116 valence electrons. The zero-order valence-corrected chi connectivity index (χ0v) is 12.8. The molecule has 1 saturated carbocycles. The van der Waals surface area contributed by atoms with Crippen molar-refractivity contribution < 1.29 is 10.2 Å². The summed E-state index contributed by atoms with van der Waals surface area (Å²) < 4.78 is 0. The van der Waals surface area contributed by atoms with Crippen LogP contribution in [0, 0.1) is 11.8 Å². The predicted molar refractivity (Wildman–Crippen MR) is 87.1 cm³/mol. The van der Waals surface area contributed by atoms with Gasteiger partial charge in [0.1, 0.15) is 0 Å².